The zero-order valence-corrected chi connectivity index (χ0v) is 5.22. The molecule has 1 heterocycles. The van der Waals surface area contributed by atoms with Gasteiger partial charge in [-0.3, -0.25) is 0 Å². The Bertz CT molecular complexity index is 116. The van der Waals surface area contributed by atoms with Crippen molar-refractivity contribution < 1.29 is 15.3 Å². The zero-order valence-electron chi connectivity index (χ0n) is 5.22. The van der Waals surface area contributed by atoms with Gasteiger partial charge >= 0.3 is 6.09 Å². The largest absolute Gasteiger partial charge is 0.444 e. The Morgan fingerprint density at radius 2 is 2.67 bits per heavy atom. The van der Waals surface area contributed by atoms with Crippen LogP contribution in [0.3, 0.4) is 0 Å². The van der Waals surface area contributed by atoms with E-state index in [0.29, 0.717) is 6.54 Å². The molecule has 0 aromatic rings. The molecule has 1 rings (SSSR count). The SMILES string of the molecule is [NH3+]CCC1CNC(=O)O1. The highest BCUT2D eigenvalue weighted by molar-refractivity contribution is 5.69. The number of carbonyl (C=O) groups excluding carboxylic acids is 1. The minimum absolute atomic E-state index is 0.0648. The standard InChI is InChI=1S/C5H10N2O2/c6-2-1-4-3-7-5(8)9-4/h4H,1-3,6H2,(H,7,8)/p+1. The number of rotatable bonds is 2. The molecule has 1 atom stereocenters. The Kier molecular flexibility index (Phi) is 1.89. The van der Waals surface area contributed by atoms with Crippen molar-refractivity contribution in [1.29, 1.82) is 0 Å². The topological polar surface area (TPSA) is 66.0 Å². The van der Waals surface area contributed by atoms with Crippen LogP contribution in [0.15, 0.2) is 0 Å². The van der Waals surface area contributed by atoms with Crippen molar-refractivity contribution in [2.75, 3.05) is 13.1 Å². The monoisotopic (exact) mass is 131 g/mol. The average Bonchev–Trinajstić information content (AvgIpc) is 2.17. The fraction of sp³-hybridized carbons (Fsp3) is 0.800. The second-order valence-corrected chi connectivity index (χ2v) is 2.05. The van der Waals surface area contributed by atoms with Crippen LogP contribution in [-0.2, 0) is 4.74 Å². The molecular formula is C5H11N2O2+. The van der Waals surface area contributed by atoms with Crippen LogP contribution < -0.4 is 11.1 Å². The van der Waals surface area contributed by atoms with Crippen molar-refractivity contribution in [2.45, 2.75) is 12.5 Å². The van der Waals surface area contributed by atoms with Crippen LogP contribution in [0.1, 0.15) is 6.42 Å². The molecule has 1 aliphatic rings. The summed E-state index contributed by atoms with van der Waals surface area (Å²) in [7, 11) is 0. The van der Waals surface area contributed by atoms with Crippen LogP contribution >= 0.6 is 0 Å². The quantitative estimate of drug-likeness (QED) is 0.490. The van der Waals surface area contributed by atoms with E-state index < -0.39 is 0 Å². The van der Waals surface area contributed by atoms with E-state index in [9.17, 15) is 4.79 Å². The molecule has 4 nitrogen and oxygen atoms in total. The van der Waals surface area contributed by atoms with Crippen LogP contribution in [0.5, 0.6) is 0 Å². The van der Waals surface area contributed by atoms with Crippen LogP contribution in [0.4, 0.5) is 4.79 Å². The van der Waals surface area contributed by atoms with Crippen molar-refractivity contribution in [3.05, 3.63) is 0 Å². The van der Waals surface area contributed by atoms with Gasteiger partial charge in [0.05, 0.1) is 13.1 Å². The number of quaternary nitrogens is 1. The molecule has 0 spiro atoms. The number of hydrogen-bond donors (Lipinski definition) is 2. The second-order valence-electron chi connectivity index (χ2n) is 2.05. The first-order valence-electron chi connectivity index (χ1n) is 3.06. The van der Waals surface area contributed by atoms with E-state index in [1.54, 1.807) is 0 Å². The number of amides is 1. The maximum atomic E-state index is 10.4. The van der Waals surface area contributed by atoms with Crippen molar-refractivity contribution in [2.24, 2.45) is 0 Å². The third-order valence-electron chi connectivity index (χ3n) is 1.27. The zero-order chi connectivity index (χ0) is 6.69. The summed E-state index contributed by atoms with van der Waals surface area (Å²) in [6.45, 7) is 1.47. The summed E-state index contributed by atoms with van der Waals surface area (Å²) in [5, 5.41) is 2.57. The molecule has 0 aromatic carbocycles. The van der Waals surface area contributed by atoms with E-state index in [0.717, 1.165) is 13.0 Å². The van der Waals surface area contributed by atoms with Crippen molar-refractivity contribution in [3.63, 3.8) is 0 Å². The summed E-state index contributed by atoms with van der Waals surface area (Å²) in [6.07, 6.45) is 0.627. The van der Waals surface area contributed by atoms with E-state index in [1.807, 2.05) is 0 Å². The van der Waals surface area contributed by atoms with Gasteiger partial charge in [-0.15, -0.1) is 0 Å². The first-order chi connectivity index (χ1) is 4.33. The maximum absolute atomic E-state index is 10.4. The van der Waals surface area contributed by atoms with Gasteiger partial charge in [-0.2, -0.15) is 0 Å². The number of carbonyl (C=O) groups is 1. The Balaban J connectivity index is 2.22. The molecule has 0 bridgehead atoms. The van der Waals surface area contributed by atoms with Gasteiger partial charge in [-0.1, -0.05) is 0 Å². The molecule has 4 heteroatoms. The first kappa shape index (κ1) is 6.35. The molecule has 1 fully saturated rings. The molecular weight excluding hydrogens is 120 g/mol. The van der Waals surface area contributed by atoms with Crippen LogP contribution in [-0.4, -0.2) is 25.3 Å². The Morgan fingerprint density at radius 1 is 1.89 bits per heavy atom. The highest BCUT2D eigenvalue weighted by Gasteiger charge is 2.21. The number of hydrogen-bond acceptors (Lipinski definition) is 2. The molecule has 1 aliphatic heterocycles. The summed E-state index contributed by atoms with van der Waals surface area (Å²) in [4.78, 5) is 10.4. The highest BCUT2D eigenvalue weighted by Crippen LogP contribution is 2.01. The summed E-state index contributed by atoms with van der Waals surface area (Å²) in [6, 6.07) is 0. The highest BCUT2D eigenvalue weighted by atomic mass is 16.6. The Morgan fingerprint density at radius 3 is 3.11 bits per heavy atom. The minimum atomic E-state index is -0.298. The lowest BCUT2D eigenvalue weighted by atomic mass is 10.3. The summed E-state index contributed by atoms with van der Waals surface area (Å²) in [5.41, 5.74) is 3.66. The molecule has 0 aromatic heterocycles. The van der Waals surface area contributed by atoms with E-state index in [2.05, 4.69) is 11.1 Å². The van der Waals surface area contributed by atoms with E-state index in [-0.39, 0.29) is 12.2 Å². The molecule has 4 N–H and O–H groups in total. The fourth-order valence-corrected chi connectivity index (χ4v) is 0.821. The third kappa shape index (κ3) is 1.57. The van der Waals surface area contributed by atoms with Gasteiger partial charge in [-0.25, -0.2) is 4.79 Å². The Hall–Kier alpha value is -0.770. The van der Waals surface area contributed by atoms with Gasteiger partial charge in [0.15, 0.2) is 0 Å². The molecule has 9 heavy (non-hydrogen) atoms. The van der Waals surface area contributed by atoms with Gasteiger partial charge in [0.2, 0.25) is 0 Å². The smallest absolute Gasteiger partial charge is 0.407 e. The molecule has 52 valence electrons. The van der Waals surface area contributed by atoms with Crippen molar-refractivity contribution in [3.8, 4) is 0 Å². The molecule has 1 unspecified atom stereocenters. The maximum Gasteiger partial charge on any atom is 0.407 e. The van der Waals surface area contributed by atoms with E-state index >= 15 is 0 Å². The van der Waals surface area contributed by atoms with Gasteiger partial charge in [-0.05, 0) is 0 Å². The van der Waals surface area contributed by atoms with Crippen molar-refractivity contribution in [1.82, 2.24) is 5.32 Å². The van der Waals surface area contributed by atoms with Gasteiger partial charge in [0.1, 0.15) is 6.10 Å². The van der Waals surface area contributed by atoms with Gasteiger partial charge < -0.3 is 15.8 Å². The second kappa shape index (κ2) is 2.68. The van der Waals surface area contributed by atoms with Crippen LogP contribution in [0, 0.1) is 0 Å². The fourth-order valence-electron chi connectivity index (χ4n) is 0.821. The summed E-state index contributed by atoms with van der Waals surface area (Å²) >= 11 is 0. The normalized spacial score (nSPS) is 25.4. The lowest BCUT2D eigenvalue weighted by molar-refractivity contribution is -0.370. The first-order valence-corrected chi connectivity index (χ1v) is 3.06. The lowest BCUT2D eigenvalue weighted by Gasteiger charge is -2.01. The van der Waals surface area contributed by atoms with E-state index in [1.165, 1.54) is 0 Å². The molecule has 1 saturated heterocycles. The number of ether oxygens (including phenoxy) is 1. The van der Waals surface area contributed by atoms with Crippen molar-refractivity contribution >= 4 is 6.09 Å². The summed E-state index contributed by atoms with van der Waals surface area (Å²) in [5.74, 6) is 0. The predicted octanol–water partition coefficient (Wildman–Crippen LogP) is -1.27. The van der Waals surface area contributed by atoms with Gasteiger partial charge in [0.25, 0.3) is 0 Å². The third-order valence-corrected chi connectivity index (χ3v) is 1.27. The number of alkyl carbamates (subject to hydrolysis) is 1. The average molecular weight is 131 g/mol. The molecule has 0 saturated carbocycles. The molecule has 0 radical (unpaired) electrons. The lowest BCUT2D eigenvalue weighted by Crippen LogP contribution is -2.51. The number of nitrogens with one attached hydrogen (secondary N) is 1. The summed E-state index contributed by atoms with van der Waals surface area (Å²) < 4.78 is 4.81. The Labute approximate surface area is 53.4 Å². The molecule has 0 aliphatic carbocycles. The van der Waals surface area contributed by atoms with E-state index in [4.69, 9.17) is 4.74 Å². The molecule has 1 amide bonds. The number of cyclic esters (lactones) is 1. The van der Waals surface area contributed by atoms with Crippen LogP contribution in [0.2, 0.25) is 0 Å². The van der Waals surface area contributed by atoms with Crippen LogP contribution in [0.25, 0.3) is 0 Å². The van der Waals surface area contributed by atoms with Gasteiger partial charge in [0, 0.05) is 6.42 Å². The predicted molar refractivity (Wildman–Crippen MR) is 30.6 cm³/mol. The minimum Gasteiger partial charge on any atom is -0.444 e.